The molecule has 0 aliphatic carbocycles. The van der Waals surface area contributed by atoms with Crippen molar-refractivity contribution in [1.82, 2.24) is 10.6 Å². The second-order valence-corrected chi connectivity index (χ2v) is 10.2. The van der Waals surface area contributed by atoms with Crippen molar-refractivity contribution in [2.24, 2.45) is 0 Å². The van der Waals surface area contributed by atoms with E-state index in [0.717, 1.165) is 17.4 Å². The lowest BCUT2D eigenvalue weighted by Crippen LogP contribution is -2.34. The second kappa shape index (κ2) is 8.92. The summed E-state index contributed by atoms with van der Waals surface area (Å²) in [5.74, 6) is 0. The molecule has 0 spiro atoms. The Labute approximate surface area is 174 Å². The Morgan fingerprint density at radius 3 is 2.00 bits per heavy atom. The number of anilines is 1. The average Bonchev–Trinajstić information content (AvgIpc) is 2.59. The SMILES string of the molecule is Cc1cc(CNC(=S)NCc2ccc(C(C)(C)C)cc2)ccc1NS(C)(=O)=O. The fraction of sp³-hybridized carbons (Fsp3) is 0.381. The molecule has 3 N–H and O–H groups in total. The van der Waals surface area contributed by atoms with E-state index in [0.29, 0.717) is 23.9 Å². The highest BCUT2D eigenvalue weighted by Gasteiger charge is 2.12. The molecular formula is C21H29N3O2S2. The molecule has 0 aliphatic heterocycles. The summed E-state index contributed by atoms with van der Waals surface area (Å²) < 4.78 is 25.2. The second-order valence-electron chi connectivity index (χ2n) is 8.01. The highest BCUT2D eigenvalue weighted by Crippen LogP contribution is 2.22. The number of sulfonamides is 1. The van der Waals surface area contributed by atoms with Crippen molar-refractivity contribution in [2.45, 2.75) is 46.2 Å². The van der Waals surface area contributed by atoms with E-state index in [4.69, 9.17) is 12.2 Å². The molecule has 0 heterocycles. The summed E-state index contributed by atoms with van der Waals surface area (Å²) in [6, 6.07) is 14.1. The Hall–Kier alpha value is -2.12. The largest absolute Gasteiger partial charge is 0.359 e. The van der Waals surface area contributed by atoms with Gasteiger partial charge in [0.05, 0.1) is 11.9 Å². The number of nitrogens with one attached hydrogen (secondary N) is 3. The van der Waals surface area contributed by atoms with Gasteiger partial charge >= 0.3 is 0 Å². The van der Waals surface area contributed by atoms with Gasteiger partial charge in [-0.25, -0.2) is 8.42 Å². The molecule has 0 radical (unpaired) electrons. The van der Waals surface area contributed by atoms with Crippen LogP contribution in [0.25, 0.3) is 0 Å². The molecule has 0 amide bonds. The van der Waals surface area contributed by atoms with Gasteiger partial charge in [0.15, 0.2) is 5.11 Å². The van der Waals surface area contributed by atoms with Gasteiger partial charge in [-0.05, 0) is 52.9 Å². The Morgan fingerprint density at radius 1 is 0.964 bits per heavy atom. The van der Waals surface area contributed by atoms with E-state index in [2.05, 4.69) is 60.4 Å². The van der Waals surface area contributed by atoms with Gasteiger partial charge in [-0.3, -0.25) is 4.72 Å². The van der Waals surface area contributed by atoms with Crippen molar-refractivity contribution in [1.29, 1.82) is 0 Å². The Morgan fingerprint density at radius 2 is 1.50 bits per heavy atom. The average molecular weight is 420 g/mol. The molecule has 0 unspecified atom stereocenters. The molecule has 5 nitrogen and oxygen atoms in total. The molecule has 0 aliphatic rings. The van der Waals surface area contributed by atoms with Crippen molar-refractivity contribution in [3.05, 3.63) is 64.7 Å². The van der Waals surface area contributed by atoms with Crippen LogP contribution in [-0.2, 0) is 28.5 Å². The topological polar surface area (TPSA) is 70.2 Å². The van der Waals surface area contributed by atoms with Gasteiger partial charge < -0.3 is 10.6 Å². The van der Waals surface area contributed by atoms with Crippen LogP contribution >= 0.6 is 12.2 Å². The summed E-state index contributed by atoms with van der Waals surface area (Å²) >= 11 is 5.35. The third-order valence-electron chi connectivity index (χ3n) is 4.31. The van der Waals surface area contributed by atoms with Crippen molar-refractivity contribution < 1.29 is 8.42 Å². The van der Waals surface area contributed by atoms with Gasteiger partial charge in [-0.1, -0.05) is 57.2 Å². The van der Waals surface area contributed by atoms with Gasteiger partial charge in [-0.15, -0.1) is 0 Å². The predicted molar refractivity (Wildman–Crippen MR) is 121 cm³/mol. The van der Waals surface area contributed by atoms with E-state index < -0.39 is 10.0 Å². The summed E-state index contributed by atoms with van der Waals surface area (Å²) in [5.41, 5.74) is 5.10. The number of benzene rings is 2. The molecule has 0 atom stereocenters. The monoisotopic (exact) mass is 419 g/mol. The normalized spacial score (nSPS) is 11.8. The van der Waals surface area contributed by atoms with Crippen LogP contribution < -0.4 is 15.4 Å². The maximum absolute atomic E-state index is 11.4. The zero-order valence-corrected chi connectivity index (χ0v) is 18.7. The summed E-state index contributed by atoms with van der Waals surface area (Å²) in [7, 11) is -3.28. The van der Waals surface area contributed by atoms with Crippen LogP contribution in [0.3, 0.4) is 0 Å². The molecule has 2 aromatic carbocycles. The fourth-order valence-corrected chi connectivity index (χ4v) is 3.47. The van der Waals surface area contributed by atoms with Crippen LogP contribution in [0.4, 0.5) is 5.69 Å². The third-order valence-corrected chi connectivity index (χ3v) is 5.19. The van der Waals surface area contributed by atoms with E-state index in [1.165, 1.54) is 11.1 Å². The smallest absolute Gasteiger partial charge is 0.229 e. The number of thiocarbonyl (C=S) groups is 1. The van der Waals surface area contributed by atoms with Crippen LogP contribution in [0.5, 0.6) is 0 Å². The zero-order valence-electron chi connectivity index (χ0n) is 17.1. The lowest BCUT2D eigenvalue weighted by atomic mass is 9.87. The van der Waals surface area contributed by atoms with Crippen molar-refractivity contribution in [2.75, 3.05) is 11.0 Å². The third kappa shape index (κ3) is 7.13. The predicted octanol–water partition coefficient (Wildman–Crippen LogP) is 3.83. The minimum Gasteiger partial charge on any atom is -0.359 e. The van der Waals surface area contributed by atoms with E-state index in [9.17, 15) is 8.42 Å². The van der Waals surface area contributed by atoms with Crippen LogP contribution in [0.1, 0.15) is 43.0 Å². The van der Waals surface area contributed by atoms with Gasteiger partial charge in [0, 0.05) is 13.1 Å². The molecular weight excluding hydrogens is 390 g/mol. The number of hydrogen-bond donors (Lipinski definition) is 3. The van der Waals surface area contributed by atoms with Gasteiger partial charge in [0.1, 0.15) is 0 Å². The first-order valence-electron chi connectivity index (χ1n) is 9.12. The lowest BCUT2D eigenvalue weighted by molar-refractivity contribution is 0.590. The molecule has 2 rings (SSSR count). The summed E-state index contributed by atoms with van der Waals surface area (Å²) in [5, 5.41) is 6.97. The Bertz CT molecular complexity index is 931. The van der Waals surface area contributed by atoms with Crippen LogP contribution in [-0.4, -0.2) is 19.8 Å². The molecule has 7 heteroatoms. The molecule has 2 aromatic rings. The van der Waals surface area contributed by atoms with Crippen molar-refractivity contribution >= 4 is 33.0 Å². The molecule has 0 saturated carbocycles. The number of hydrogen-bond acceptors (Lipinski definition) is 3. The Balaban J connectivity index is 1.85. The molecule has 0 saturated heterocycles. The zero-order chi connectivity index (χ0) is 20.9. The van der Waals surface area contributed by atoms with E-state index in [1.54, 1.807) is 6.07 Å². The van der Waals surface area contributed by atoms with E-state index >= 15 is 0 Å². The minimum atomic E-state index is -3.28. The highest BCUT2D eigenvalue weighted by atomic mass is 32.2. The van der Waals surface area contributed by atoms with Gasteiger partial charge in [0.25, 0.3) is 0 Å². The summed E-state index contributed by atoms with van der Waals surface area (Å²) in [6.45, 7) is 9.69. The lowest BCUT2D eigenvalue weighted by Gasteiger charge is -2.19. The molecule has 0 aromatic heterocycles. The van der Waals surface area contributed by atoms with Crippen molar-refractivity contribution in [3.8, 4) is 0 Å². The first-order chi connectivity index (χ1) is 12.9. The molecule has 152 valence electrons. The molecule has 28 heavy (non-hydrogen) atoms. The van der Waals surface area contributed by atoms with E-state index in [-0.39, 0.29) is 5.41 Å². The summed E-state index contributed by atoms with van der Waals surface area (Å²) in [6.07, 6.45) is 1.14. The van der Waals surface area contributed by atoms with E-state index in [1.807, 2.05) is 19.1 Å². The van der Waals surface area contributed by atoms with Crippen LogP contribution in [0, 0.1) is 6.92 Å². The van der Waals surface area contributed by atoms with Gasteiger partial charge in [-0.2, -0.15) is 0 Å². The Kier molecular flexibility index (Phi) is 7.06. The number of aryl methyl sites for hydroxylation is 1. The quantitative estimate of drug-likeness (QED) is 0.621. The highest BCUT2D eigenvalue weighted by molar-refractivity contribution is 7.92. The minimum absolute atomic E-state index is 0.146. The number of rotatable bonds is 6. The van der Waals surface area contributed by atoms with Crippen molar-refractivity contribution in [3.63, 3.8) is 0 Å². The summed E-state index contributed by atoms with van der Waals surface area (Å²) in [4.78, 5) is 0. The maximum atomic E-state index is 11.4. The molecule has 0 fully saturated rings. The standard InChI is InChI=1S/C21H29N3O2S2/c1-15-12-17(8-11-19(15)24-28(5,25)26)14-23-20(27)22-13-16-6-9-18(10-7-16)21(2,3)4/h6-12,24H,13-14H2,1-5H3,(H2,22,23,27). The first-order valence-corrected chi connectivity index (χ1v) is 11.4. The fourth-order valence-electron chi connectivity index (χ4n) is 2.70. The molecule has 0 bridgehead atoms. The van der Waals surface area contributed by atoms with Gasteiger partial charge in [0.2, 0.25) is 10.0 Å². The van der Waals surface area contributed by atoms with Crippen LogP contribution in [0.2, 0.25) is 0 Å². The maximum Gasteiger partial charge on any atom is 0.229 e. The first kappa shape index (κ1) is 22.2. The van der Waals surface area contributed by atoms with Crippen LogP contribution in [0.15, 0.2) is 42.5 Å².